The van der Waals surface area contributed by atoms with Gasteiger partial charge in [-0.2, -0.15) is 13.2 Å². The third kappa shape index (κ3) is 6.64. The molecule has 0 bridgehead atoms. The molecule has 2 amide bonds. The Bertz CT molecular complexity index is 1320. The van der Waals surface area contributed by atoms with E-state index in [0.717, 1.165) is 63.5 Å². The minimum absolute atomic E-state index is 0.133. The molecule has 4 aliphatic carbocycles. The van der Waals surface area contributed by atoms with E-state index >= 15 is 0 Å². The number of amides is 2. The topological polar surface area (TPSA) is 81.1 Å². The van der Waals surface area contributed by atoms with Gasteiger partial charge in [-0.1, -0.05) is 32.9 Å². The first-order chi connectivity index (χ1) is 22.2. The van der Waals surface area contributed by atoms with Crippen LogP contribution in [0.5, 0.6) is 0 Å². The van der Waals surface area contributed by atoms with Gasteiger partial charge in [0, 0.05) is 38.7 Å². The molecule has 0 unspecified atom stereocenters. The number of aliphatic hydroxyl groups is 2. The van der Waals surface area contributed by atoms with Crippen molar-refractivity contribution in [1.29, 1.82) is 0 Å². The van der Waals surface area contributed by atoms with Crippen LogP contribution in [0.25, 0.3) is 6.08 Å². The second kappa shape index (κ2) is 13.1. The lowest BCUT2D eigenvalue weighted by Gasteiger charge is -2.62. The van der Waals surface area contributed by atoms with E-state index in [1.54, 1.807) is 4.90 Å². The van der Waals surface area contributed by atoms with Gasteiger partial charge in [0.15, 0.2) is 0 Å². The van der Waals surface area contributed by atoms with Crippen molar-refractivity contribution in [3.8, 4) is 0 Å². The normalized spacial score (nSPS) is 38.1. The zero-order valence-electron chi connectivity index (χ0n) is 28.2. The van der Waals surface area contributed by atoms with Crippen LogP contribution in [0.4, 0.5) is 13.2 Å². The van der Waals surface area contributed by atoms with E-state index in [4.69, 9.17) is 0 Å². The summed E-state index contributed by atoms with van der Waals surface area (Å²) in [6.45, 7) is 9.06. The Hall–Kier alpha value is -2.39. The summed E-state index contributed by atoms with van der Waals surface area (Å²) in [7, 11) is 0. The minimum atomic E-state index is -4.39. The zero-order valence-corrected chi connectivity index (χ0v) is 28.2. The summed E-state index contributed by atoms with van der Waals surface area (Å²) < 4.78 is 38.4. The Balaban J connectivity index is 0.982. The number of carbonyl (C=O) groups is 2. The minimum Gasteiger partial charge on any atom is -0.393 e. The molecule has 9 heteroatoms. The molecule has 1 aromatic carbocycles. The summed E-state index contributed by atoms with van der Waals surface area (Å²) in [5.41, 5.74) is 0.200. The predicted octanol–water partition coefficient (Wildman–Crippen LogP) is 6.80. The van der Waals surface area contributed by atoms with Crippen LogP contribution in [0, 0.1) is 46.3 Å². The van der Waals surface area contributed by atoms with Crippen molar-refractivity contribution in [2.45, 2.75) is 103 Å². The number of carbonyl (C=O) groups excluding carboxylic acids is 2. The number of nitrogens with zero attached hydrogens (tertiary/aromatic N) is 2. The summed E-state index contributed by atoms with van der Waals surface area (Å²) in [4.78, 5) is 29.5. The first-order valence-electron chi connectivity index (χ1n) is 18.0. The smallest absolute Gasteiger partial charge is 0.393 e. The van der Waals surface area contributed by atoms with Crippen LogP contribution in [-0.4, -0.2) is 70.2 Å². The van der Waals surface area contributed by atoms with Gasteiger partial charge in [-0.3, -0.25) is 9.59 Å². The summed E-state index contributed by atoms with van der Waals surface area (Å²) in [6.07, 6.45) is 7.62. The molecule has 5 fully saturated rings. The maximum Gasteiger partial charge on any atom is 0.416 e. The van der Waals surface area contributed by atoms with Gasteiger partial charge in [0.2, 0.25) is 11.8 Å². The van der Waals surface area contributed by atoms with Crippen LogP contribution in [0.3, 0.4) is 0 Å². The summed E-state index contributed by atoms with van der Waals surface area (Å²) in [5, 5.41) is 21.9. The van der Waals surface area contributed by atoms with Gasteiger partial charge in [0.05, 0.1) is 17.8 Å². The van der Waals surface area contributed by atoms with Crippen LogP contribution in [0.2, 0.25) is 0 Å². The third-order valence-electron chi connectivity index (χ3n) is 13.8. The van der Waals surface area contributed by atoms with Crippen LogP contribution in [-0.2, 0) is 15.8 Å². The lowest BCUT2D eigenvalue weighted by atomic mass is 9.43. The number of rotatable bonds is 6. The van der Waals surface area contributed by atoms with Gasteiger partial charge in [-0.25, -0.2) is 0 Å². The summed E-state index contributed by atoms with van der Waals surface area (Å²) >= 11 is 0. The highest BCUT2D eigenvalue weighted by Gasteiger charge is 2.62. The average molecular weight is 659 g/mol. The SMILES string of the molecule is C[C@H](CCC(=O)N1CCN(C(=O)/C=C/c2ccc(C(F)(F)F)cc2)CC1)[C@H]1CC[C@H]2[C@@H]3[C@@H](O)C[C@@H]4C[C@H](O)CC[C@]4(C)[C@H]3CC[C@]12C. The standard InChI is InChI=1S/C38H53F3N2O4/c1-24(29-10-11-30-35-31(15-17-37(29,30)3)36(2)16-14-28(44)22-27(36)23-32(35)45)4-12-33(46)42-18-20-43(21-19-42)34(47)13-7-25-5-8-26(9-6-25)38(39,40)41/h5-9,13,24,27-32,35,44-45H,4,10-12,14-23H2,1-3H3/b13-7+/t24-,27+,28-,29-,30+,31+,32+,35+,36+,37-/m1/s1. The van der Waals surface area contributed by atoms with Crippen molar-refractivity contribution >= 4 is 17.9 Å². The molecule has 47 heavy (non-hydrogen) atoms. The number of hydrogen-bond acceptors (Lipinski definition) is 4. The van der Waals surface area contributed by atoms with Gasteiger partial charge < -0.3 is 20.0 Å². The molecule has 10 atom stereocenters. The van der Waals surface area contributed by atoms with Gasteiger partial charge >= 0.3 is 6.18 Å². The molecule has 6 rings (SSSR count). The largest absolute Gasteiger partial charge is 0.416 e. The molecule has 1 heterocycles. The molecular weight excluding hydrogens is 605 g/mol. The van der Waals surface area contributed by atoms with E-state index in [9.17, 15) is 33.0 Å². The molecule has 4 saturated carbocycles. The fourth-order valence-corrected chi connectivity index (χ4v) is 11.1. The average Bonchev–Trinajstić information content (AvgIpc) is 3.40. The summed E-state index contributed by atoms with van der Waals surface area (Å²) in [5.74, 6) is 2.68. The molecule has 1 aliphatic heterocycles. The molecule has 1 aromatic rings. The number of halogens is 3. The Labute approximate surface area is 277 Å². The highest BCUT2D eigenvalue weighted by Crippen LogP contribution is 2.68. The van der Waals surface area contributed by atoms with Gasteiger partial charge in [0.1, 0.15) is 0 Å². The lowest BCUT2D eigenvalue weighted by molar-refractivity contribution is -0.174. The maximum absolute atomic E-state index is 13.3. The Morgan fingerprint density at radius 3 is 2.23 bits per heavy atom. The van der Waals surface area contributed by atoms with Gasteiger partial charge in [-0.15, -0.1) is 0 Å². The molecule has 260 valence electrons. The van der Waals surface area contributed by atoms with Crippen LogP contribution < -0.4 is 0 Å². The van der Waals surface area contributed by atoms with Crippen molar-refractivity contribution in [1.82, 2.24) is 9.80 Å². The number of fused-ring (bicyclic) bond motifs is 5. The lowest BCUT2D eigenvalue weighted by Crippen LogP contribution is -2.58. The first-order valence-corrected chi connectivity index (χ1v) is 18.0. The third-order valence-corrected chi connectivity index (χ3v) is 13.8. The maximum atomic E-state index is 13.3. The van der Waals surface area contributed by atoms with Crippen LogP contribution >= 0.6 is 0 Å². The van der Waals surface area contributed by atoms with E-state index in [-0.39, 0.29) is 34.9 Å². The quantitative estimate of drug-likeness (QED) is 0.330. The zero-order chi connectivity index (χ0) is 33.7. The monoisotopic (exact) mass is 658 g/mol. The van der Waals surface area contributed by atoms with Gasteiger partial charge in [-0.05, 0) is 128 Å². The Morgan fingerprint density at radius 1 is 0.915 bits per heavy atom. The number of alkyl halides is 3. The van der Waals surface area contributed by atoms with E-state index in [1.807, 2.05) is 4.90 Å². The highest BCUT2D eigenvalue weighted by molar-refractivity contribution is 5.92. The van der Waals surface area contributed by atoms with Gasteiger partial charge in [0.25, 0.3) is 0 Å². The Kier molecular flexibility index (Phi) is 9.64. The van der Waals surface area contributed by atoms with E-state index in [2.05, 4.69) is 20.8 Å². The number of hydrogen-bond donors (Lipinski definition) is 2. The second-order valence-electron chi connectivity index (χ2n) is 16.1. The molecular formula is C38H53F3N2O4. The molecule has 0 spiro atoms. The second-order valence-corrected chi connectivity index (χ2v) is 16.1. The first kappa shape index (κ1) is 34.5. The molecule has 0 radical (unpaired) electrons. The summed E-state index contributed by atoms with van der Waals surface area (Å²) in [6, 6.07) is 4.70. The fourth-order valence-electron chi connectivity index (χ4n) is 11.1. The predicted molar refractivity (Wildman–Crippen MR) is 175 cm³/mol. The van der Waals surface area contributed by atoms with Crippen molar-refractivity contribution in [2.24, 2.45) is 46.3 Å². The van der Waals surface area contributed by atoms with Crippen LogP contribution in [0.15, 0.2) is 30.3 Å². The van der Waals surface area contributed by atoms with E-state index in [1.165, 1.54) is 30.7 Å². The Morgan fingerprint density at radius 2 is 1.55 bits per heavy atom. The highest BCUT2D eigenvalue weighted by atomic mass is 19.4. The van der Waals surface area contributed by atoms with Crippen LogP contribution in [0.1, 0.15) is 96.1 Å². The molecule has 5 aliphatic rings. The van der Waals surface area contributed by atoms with Crippen molar-refractivity contribution < 1.29 is 33.0 Å². The number of benzene rings is 1. The fraction of sp³-hybridized carbons (Fsp3) is 0.737. The van der Waals surface area contributed by atoms with E-state index in [0.29, 0.717) is 73.7 Å². The molecule has 0 aromatic heterocycles. The molecule has 2 N–H and O–H groups in total. The van der Waals surface area contributed by atoms with Crippen molar-refractivity contribution in [2.75, 3.05) is 26.2 Å². The van der Waals surface area contributed by atoms with Crippen molar-refractivity contribution in [3.63, 3.8) is 0 Å². The molecule has 1 saturated heterocycles. The number of aliphatic hydroxyl groups excluding tert-OH is 2. The molecule has 6 nitrogen and oxygen atoms in total. The number of piperazine rings is 1. The van der Waals surface area contributed by atoms with Crippen molar-refractivity contribution in [3.05, 3.63) is 41.5 Å². The van der Waals surface area contributed by atoms with E-state index < -0.39 is 11.7 Å².